The monoisotopic (exact) mass is 391 g/mol. The molecule has 1 aromatic heterocycles. The van der Waals surface area contributed by atoms with E-state index in [1.54, 1.807) is 0 Å². The van der Waals surface area contributed by atoms with E-state index in [9.17, 15) is 0 Å². The zero-order chi connectivity index (χ0) is 18.5. The number of ether oxygens (including phenoxy) is 1. The van der Waals surface area contributed by atoms with Crippen molar-refractivity contribution >= 4 is 17.6 Å². The Morgan fingerprint density at radius 3 is 2.26 bits per heavy atom. The van der Waals surface area contributed by atoms with Crippen molar-refractivity contribution in [1.82, 2.24) is 19.9 Å². The molecule has 146 valence electrons. The second kappa shape index (κ2) is 9.01. The summed E-state index contributed by atoms with van der Waals surface area (Å²) in [7, 11) is 0. The van der Waals surface area contributed by atoms with Gasteiger partial charge < -0.3 is 14.2 Å². The molecule has 2 aliphatic heterocycles. The first-order chi connectivity index (χ1) is 13.3. The number of aromatic nitrogens is 2. The Kier molecular flexibility index (Phi) is 6.24. The van der Waals surface area contributed by atoms with E-state index in [2.05, 4.69) is 24.8 Å². The number of benzene rings is 1. The predicted octanol–water partition coefficient (Wildman–Crippen LogP) is 1.77. The van der Waals surface area contributed by atoms with Gasteiger partial charge in [0.25, 0.3) is 0 Å². The highest BCUT2D eigenvalue weighted by atomic mass is 35.5. The molecule has 2 aliphatic rings. The fourth-order valence-corrected chi connectivity index (χ4v) is 3.63. The number of hydrogen-bond acceptors (Lipinski definition) is 7. The molecule has 4 rings (SSSR count). The first-order valence-electron chi connectivity index (χ1n) is 9.61. The number of anilines is 1. The summed E-state index contributed by atoms with van der Waals surface area (Å²) >= 11 is 5.93. The van der Waals surface area contributed by atoms with Crippen LogP contribution in [-0.2, 0) is 11.2 Å². The van der Waals surface area contributed by atoms with E-state index >= 15 is 0 Å². The minimum Gasteiger partial charge on any atom is -0.379 e. The zero-order valence-electron chi connectivity index (χ0n) is 15.5. The molecule has 0 N–H and O–H groups in total. The first-order valence-corrected chi connectivity index (χ1v) is 9.98. The summed E-state index contributed by atoms with van der Waals surface area (Å²) in [6.45, 7) is 9.97. The van der Waals surface area contributed by atoms with Gasteiger partial charge in [-0.2, -0.15) is 4.98 Å². The molecular weight excluding hydrogens is 366 g/mol. The third kappa shape index (κ3) is 5.19. The predicted molar refractivity (Wildman–Crippen MR) is 104 cm³/mol. The minimum absolute atomic E-state index is 0.631. The van der Waals surface area contributed by atoms with E-state index < -0.39 is 0 Å². The second-order valence-electron chi connectivity index (χ2n) is 7.08. The van der Waals surface area contributed by atoms with Crippen LogP contribution in [0.15, 0.2) is 28.8 Å². The molecule has 0 saturated carbocycles. The van der Waals surface area contributed by atoms with Crippen LogP contribution in [-0.4, -0.2) is 85.5 Å². The standard InChI is InChI=1S/C19H26ClN5O2/c20-17-3-1-16(2-4-17)15-18-21-19(27-22-18)25-9-7-23(8-10-25)5-6-24-11-13-26-14-12-24/h1-4H,5-15H2. The lowest BCUT2D eigenvalue weighted by molar-refractivity contribution is 0.0330. The van der Waals surface area contributed by atoms with Crippen LogP contribution in [0.25, 0.3) is 0 Å². The molecule has 1 aromatic carbocycles. The molecule has 2 fully saturated rings. The molecule has 0 radical (unpaired) electrons. The van der Waals surface area contributed by atoms with E-state index in [1.807, 2.05) is 24.3 Å². The van der Waals surface area contributed by atoms with Gasteiger partial charge >= 0.3 is 6.01 Å². The Morgan fingerprint density at radius 1 is 0.889 bits per heavy atom. The smallest absolute Gasteiger partial charge is 0.324 e. The molecule has 0 amide bonds. The Hall–Kier alpha value is -1.67. The number of morpholine rings is 1. The SMILES string of the molecule is Clc1ccc(Cc2noc(N3CCN(CCN4CCOCC4)CC3)n2)cc1. The van der Waals surface area contributed by atoms with Crippen LogP contribution in [0.1, 0.15) is 11.4 Å². The van der Waals surface area contributed by atoms with Crippen LogP contribution in [0.4, 0.5) is 6.01 Å². The lowest BCUT2D eigenvalue weighted by Gasteiger charge is -2.35. The molecule has 2 saturated heterocycles. The number of rotatable bonds is 6. The van der Waals surface area contributed by atoms with Crippen molar-refractivity contribution in [2.75, 3.05) is 70.5 Å². The van der Waals surface area contributed by atoms with Crippen LogP contribution >= 0.6 is 11.6 Å². The Bertz CT molecular complexity index is 709. The second-order valence-corrected chi connectivity index (χ2v) is 7.52. The van der Waals surface area contributed by atoms with Crippen molar-refractivity contribution in [2.24, 2.45) is 0 Å². The molecule has 0 bridgehead atoms. The van der Waals surface area contributed by atoms with Crippen LogP contribution in [0.2, 0.25) is 5.02 Å². The minimum atomic E-state index is 0.631. The summed E-state index contributed by atoms with van der Waals surface area (Å²) in [6, 6.07) is 8.38. The third-order valence-electron chi connectivity index (χ3n) is 5.21. The van der Waals surface area contributed by atoms with E-state index in [-0.39, 0.29) is 0 Å². The number of nitrogens with zero attached hydrogens (tertiary/aromatic N) is 5. The zero-order valence-corrected chi connectivity index (χ0v) is 16.3. The highest BCUT2D eigenvalue weighted by Crippen LogP contribution is 2.17. The Balaban J connectivity index is 1.23. The summed E-state index contributed by atoms with van der Waals surface area (Å²) in [5.41, 5.74) is 1.12. The number of piperazine rings is 1. The van der Waals surface area contributed by atoms with Crippen LogP contribution in [0.5, 0.6) is 0 Å². The topological polar surface area (TPSA) is 57.9 Å². The quantitative estimate of drug-likeness (QED) is 0.743. The molecule has 0 spiro atoms. The average Bonchev–Trinajstić information content (AvgIpc) is 3.18. The highest BCUT2D eigenvalue weighted by molar-refractivity contribution is 6.30. The van der Waals surface area contributed by atoms with Crippen LogP contribution < -0.4 is 4.90 Å². The summed E-state index contributed by atoms with van der Waals surface area (Å²) < 4.78 is 10.9. The summed E-state index contributed by atoms with van der Waals surface area (Å²) in [5.74, 6) is 0.710. The van der Waals surface area contributed by atoms with Gasteiger partial charge in [-0.1, -0.05) is 28.9 Å². The average molecular weight is 392 g/mol. The summed E-state index contributed by atoms with van der Waals surface area (Å²) in [4.78, 5) is 11.7. The fourth-order valence-electron chi connectivity index (χ4n) is 3.50. The lowest BCUT2D eigenvalue weighted by Crippen LogP contribution is -2.49. The first kappa shape index (κ1) is 18.7. The van der Waals surface area contributed by atoms with Crippen molar-refractivity contribution < 1.29 is 9.26 Å². The Labute approximate surface area is 164 Å². The molecule has 0 atom stereocenters. The van der Waals surface area contributed by atoms with Crippen molar-refractivity contribution in [3.63, 3.8) is 0 Å². The van der Waals surface area contributed by atoms with Gasteiger partial charge in [0, 0.05) is 63.8 Å². The van der Waals surface area contributed by atoms with Crippen molar-refractivity contribution in [2.45, 2.75) is 6.42 Å². The van der Waals surface area contributed by atoms with Crippen molar-refractivity contribution in [3.05, 3.63) is 40.7 Å². The van der Waals surface area contributed by atoms with Gasteiger partial charge in [0.2, 0.25) is 0 Å². The summed E-state index contributed by atoms with van der Waals surface area (Å²) in [6.07, 6.45) is 0.653. The third-order valence-corrected chi connectivity index (χ3v) is 5.46. The van der Waals surface area contributed by atoms with Gasteiger partial charge in [-0.3, -0.25) is 9.80 Å². The summed E-state index contributed by atoms with van der Waals surface area (Å²) in [5, 5.41) is 4.87. The van der Waals surface area contributed by atoms with Gasteiger partial charge in [-0.15, -0.1) is 0 Å². The van der Waals surface area contributed by atoms with E-state index in [0.29, 0.717) is 18.3 Å². The van der Waals surface area contributed by atoms with Gasteiger partial charge in [0.05, 0.1) is 13.2 Å². The lowest BCUT2D eigenvalue weighted by atomic mass is 10.1. The van der Waals surface area contributed by atoms with Gasteiger partial charge in [0.1, 0.15) is 0 Å². The maximum absolute atomic E-state index is 5.93. The van der Waals surface area contributed by atoms with Crippen LogP contribution in [0.3, 0.4) is 0 Å². The molecule has 27 heavy (non-hydrogen) atoms. The normalized spacial score (nSPS) is 19.5. The van der Waals surface area contributed by atoms with Gasteiger partial charge in [-0.25, -0.2) is 0 Å². The molecule has 0 aliphatic carbocycles. The van der Waals surface area contributed by atoms with Gasteiger partial charge in [-0.05, 0) is 17.7 Å². The van der Waals surface area contributed by atoms with Crippen molar-refractivity contribution in [1.29, 1.82) is 0 Å². The molecule has 2 aromatic rings. The van der Waals surface area contributed by atoms with Gasteiger partial charge in [0.15, 0.2) is 5.82 Å². The number of hydrogen-bond donors (Lipinski definition) is 0. The Morgan fingerprint density at radius 2 is 1.56 bits per heavy atom. The van der Waals surface area contributed by atoms with Crippen LogP contribution in [0, 0.1) is 0 Å². The molecule has 0 unspecified atom stereocenters. The maximum Gasteiger partial charge on any atom is 0.324 e. The highest BCUT2D eigenvalue weighted by Gasteiger charge is 2.22. The molecule has 7 nitrogen and oxygen atoms in total. The largest absolute Gasteiger partial charge is 0.379 e. The molecule has 8 heteroatoms. The van der Waals surface area contributed by atoms with E-state index in [4.69, 9.17) is 20.9 Å². The molecule has 3 heterocycles. The number of halogens is 1. The molecular formula is C19H26ClN5O2. The van der Waals surface area contributed by atoms with E-state index in [0.717, 1.165) is 76.2 Å². The fraction of sp³-hybridized carbons (Fsp3) is 0.579. The van der Waals surface area contributed by atoms with E-state index in [1.165, 1.54) is 0 Å². The maximum atomic E-state index is 5.93. The van der Waals surface area contributed by atoms with Crippen molar-refractivity contribution in [3.8, 4) is 0 Å².